The lowest BCUT2D eigenvalue weighted by molar-refractivity contribution is 0.128. The number of hydrogen-bond donors (Lipinski definition) is 0. The lowest BCUT2D eigenvalue weighted by Gasteiger charge is -2.02. The summed E-state index contributed by atoms with van der Waals surface area (Å²) in [7, 11) is 0. The average Bonchev–Trinajstić information content (AvgIpc) is 1.91. The topological polar surface area (TPSA) is 9.23 Å². The zero-order chi connectivity index (χ0) is 5.28. The third-order valence-corrected chi connectivity index (χ3v) is 2.49. The molecule has 1 aliphatic rings. The van der Waals surface area contributed by atoms with Crippen molar-refractivity contribution in [3.05, 3.63) is 0 Å². The Morgan fingerprint density at radius 3 is 2.57 bits per heavy atom. The van der Waals surface area contributed by atoms with Crippen LogP contribution in [0.1, 0.15) is 13.3 Å². The van der Waals surface area contributed by atoms with Crippen LogP contribution in [0.15, 0.2) is 0 Å². The number of alkyl halides is 1. The predicted molar refractivity (Wildman–Crippen MR) is 32.7 cm³/mol. The number of halogens is 1. The van der Waals surface area contributed by atoms with Gasteiger partial charge in [-0.2, -0.15) is 0 Å². The van der Waals surface area contributed by atoms with E-state index >= 15 is 0 Å². The van der Waals surface area contributed by atoms with Crippen LogP contribution in [0.3, 0.4) is 0 Å². The summed E-state index contributed by atoms with van der Waals surface area (Å²) in [6.45, 7) is 3.02. The van der Waals surface area contributed by atoms with Crippen LogP contribution in [0.2, 0.25) is 0 Å². The summed E-state index contributed by atoms with van der Waals surface area (Å²) in [4.78, 5) is 0.604. The van der Waals surface area contributed by atoms with Crippen LogP contribution in [-0.4, -0.2) is 17.5 Å². The van der Waals surface area contributed by atoms with Gasteiger partial charge in [-0.15, -0.1) is 0 Å². The van der Waals surface area contributed by atoms with Crippen molar-refractivity contribution in [2.75, 3.05) is 6.61 Å². The minimum atomic E-state index is 0.431. The number of ether oxygens (including phenoxy) is 1. The summed E-state index contributed by atoms with van der Waals surface area (Å²) in [5.41, 5.74) is 0. The van der Waals surface area contributed by atoms with Crippen molar-refractivity contribution in [3.8, 4) is 0 Å². The van der Waals surface area contributed by atoms with Gasteiger partial charge in [-0.1, -0.05) is 15.9 Å². The molecule has 1 saturated heterocycles. The van der Waals surface area contributed by atoms with Gasteiger partial charge in [-0.25, -0.2) is 0 Å². The van der Waals surface area contributed by atoms with Crippen molar-refractivity contribution in [2.24, 2.45) is 0 Å². The van der Waals surface area contributed by atoms with Crippen LogP contribution in [0.4, 0.5) is 0 Å². The molecule has 0 aliphatic carbocycles. The molecule has 7 heavy (non-hydrogen) atoms. The van der Waals surface area contributed by atoms with E-state index in [2.05, 4.69) is 22.9 Å². The van der Waals surface area contributed by atoms with Gasteiger partial charge in [0.15, 0.2) is 0 Å². The maximum absolute atomic E-state index is 5.22. The third-order valence-electron chi connectivity index (χ3n) is 1.28. The molecule has 0 saturated carbocycles. The Bertz CT molecular complexity index is 57.1. The lowest BCUT2D eigenvalue weighted by Crippen LogP contribution is -2.08. The van der Waals surface area contributed by atoms with E-state index in [0.29, 0.717) is 10.9 Å². The molecule has 1 nitrogen and oxygen atoms in total. The van der Waals surface area contributed by atoms with Crippen molar-refractivity contribution >= 4 is 15.9 Å². The zero-order valence-electron chi connectivity index (χ0n) is 4.36. The summed E-state index contributed by atoms with van der Waals surface area (Å²) in [6.07, 6.45) is 1.60. The highest BCUT2D eigenvalue weighted by Gasteiger charge is 2.20. The molecule has 0 aromatic heterocycles. The fraction of sp³-hybridized carbons (Fsp3) is 1.00. The van der Waals surface area contributed by atoms with Gasteiger partial charge >= 0.3 is 0 Å². The van der Waals surface area contributed by atoms with Crippen LogP contribution in [-0.2, 0) is 4.74 Å². The first-order valence-electron chi connectivity index (χ1n) is 2.56. The maximum Gasteiger partial charge on any atom is 0.0672 e. The van der Waals surface area contributed by atoms with Crippen LogP contribution in [0.5, 0.6) is 0 Å². The van der Waals surface area contributed by atoms with Crippen LogP contribution in [0.25, 0.3) is 0 Å². The summed E-state index contributed by atoms with van der Waals surface area (Å²) in [6, 6.07) is 0. The largest absolute Gasteiger partial charge is 0.377 e. The summed E-state index contributed by atoms with van der Waals surface area (Å²) >= 11 is 3.48. The molecule has 2 heteroatoms. The number of rotatable bonds is 0. The molecule has 0 amide bonds. The van der Waals surface area contributed by atoms with Crippen LogP contribution >= 0.6 is 15.9 Å². The molecule has 1 fully saturated rings. The Balaban J connectivity index is 2.33. The second-order valence-electron chi connectivity index (χ2n) is 1.88. The summed E-state index contributed by atoms with van der Waals surface area (Å²) in [5.74, 6) is 0. The second kappa shape index (κ2) is 2.14. The van der Waals surface area contributed by atoms with Gasteiger partial charge in [-0.3, -0.25) is 0 Å². The van der Waals surface area contributed by atoms with E-state index < -0.39 is 0 Å². The Labute approximate surface area is 52.2 Å². The lowest BCUT2D eigenvalue weighted by atomic mass is 10.3. The van der Waals surface area contributed by atoms with E-state index in [1.807, 2.05) is 0 Å². The predicted octanol–water partition coefficient (Wildman–Crippen LogP) is 1.56. The quantitative estimate of drug-likeness (QED) is 0.495. The van der Waals surface area contributed by atoms with E-state index in [0.717, 1.165) is 6.61 Å². The van der Waals surface area contributed by atoms with Gasteiger partial charge in [0.1, 0.15) is 0 Å². The van der Waals surface area contributed by atoms with Crippen molar-refractivity contribution in [1.29, 1.82) is 0 Å². The van der Waals surface area contributed by atoms with E-state index in [4.69, 9.17) is 4.74 Å². The fourth-order valence-electron chi connectivity index (χ4n) is 0.706. The molecule has 1 rings (SSSR count). The normalized spacial score (nSPS) is 42.0. The van der Waals surface area contributed by atoms with E-state index in [1.54, 1.807) is 0 Å². The molecule has 42 valence electrons. The second-order valence-corrected chi connectivity index (χ2v) is 3.06. The Hall–Kier alpha value is 0.440. The third kappa shape index (κ3) is 1.16. The van der Waals surface area contributed by atoms with Gasteiger partial charge in [0.05, 0.1) is 6.10 Å². The Morgan fingerprint density at radius 2 is 2.43 bits per heavy atom. The van der Waals surface area contributed by atoms with Crippen LogP contribution < -0.4 is 0 Å². The van der Waals surface area contributed by atoms with E-state index in [-0.39, 0.29) is 0 Å². The van der Waals surface area contributed by atoms with Gasteiger partial charge < -0.3 is 4.74 Å². The molecule has 0 N–H and O–H groups in total. The first-order chi connectivity index (χ1) is 3.30. The van der Waals surface area contributed by atoms with Gasteiger partial charge in [-0.05, 0) is 13.3 Å². The van der Waals surface area contributed by atoms with Crippen molar-refractivity contribution < 1.29 is 4.74 Å². The molecule has 1 aliphatic heterocycles. The molecule has 1 heterocycles. The molecule has 2 atom stereocenters. The van der Waals surface area contributed by atoms with Gasteiger partial charge in [0, 0.05) is 11.4 Å². The Kier molecular flexibility index (Phi) is 1.70. The van der Waals surface area contributed by atoms with Gasteiger partial charge in [0.2, 0.25) is 0 Å². The first kappa shape index (κ1) is 5.57. The SMILES string of the molecule is C[C@@H]1OCC[C@@H]1Br. The molecule has 0 unspecified atom stereocenters. The monoisotopic (exact) mass is 164 g/mol. The zero-order valence-corrected chi connectivity index (χ0v) is 5.94. The number of hydrogen-bond acceptors (Lipinski definition) is 1. The van der Waals surface area contributed by atoms with Crippen molar-refractivity contribution in [3.63, 3.8) is 0 Å². The maximum atomic E-state index is 5.22. The van der Waals surface area contributed by atoms with Crippen LogP contribution in [0, 0.1) is 0 Å². The molecular weight excluding hydrogens is 156 g/mol. The molecule has 0 aromatic carbocycles. The smallest absolute Gasteiger partial charge is 0.0672 e. The summed E-state index contributed by atoms with van der Waals surface area (Å²) < 4.78 is 5.22. The highest BCUT2D eigenvalue weighted by atomic mass is 79.9. The average molecular weight is 165 g/mol. The highest BCUT2D eigenvalue weighted by molar-refractivity contribution is 9.09. The molecule has 0 spiro atoms. The highest BCUT2D eigenvalue weighted by Crippen LogP contribution is 2.19. The fourth-order valence-corrected chi connectivity index (χ4v) is 1.05. The van der Waals surface area contributed by atoms with Crippen molar-refractivity contribution in [1.82, 2.24) is 0 Å². The molecule has 0 radical (unpaired) electrons. The molecular formula is C5H9BrO. The van der Waals surface area contributed by atoms with Gasteiger partial charge in [0.25, 0.3) is 0 Å². The van der Waals surface area contributed by atoms with E-state index in [9.17, 15) is 0 Å². The summed E-state index contributed by atoms with van der Waals surface area (Å²) in [5, 5.41) is 0. The minimum Gasteiger partial charge on any atom is -0.377 e. The molecule has 0 aromatic rings. The Morgan fingerprint density at radius 1 is 1.71 bits per heavy atom. The minimum absolute atomic E-state index is 0.431. The standard InChI is InChI=1S/C5H9BrO/c1-4-5(6)2-3-7-4/h4-5H,2-3H2,1H3/t4-,5-/m0/s1. The first-order valence-corrected chi connectivity index (χ1v) is 3.48. The van der Waals surface area contributed by atoms with E-state index in [1.165, 1.54) is 6.42 Å². The van der Waals surface area contributed by atoms with Crippen molar-refractivity contribution in [2.45, 2.75) is 24.3 Å². The molecule has 0 bridgehead atoms.